The van der Waals surface area contributed by atoms with Crippen LogP contribution in [0, 0.1) is 18.6 Å². The predicted molar refractivity (Wildman–Crippen MR) is 96.1 cm³/mol. The van der Waals surface area contributed by atoms with E-state index in [1.54, 1.807) is 0 Å². The van der Waals surface area contributed by atoms with Crippen molar-refractivity contribution in [2.75, 3.05) is 0 Å². The number of pyridine rings is 1. The SMILES string of the molecule is Cc1ccc(-c2ncccc2-c2cc(F)c(S(N)(=O)=O)c(F)c2)cc1C(F)(F)F. The normalized spacial score (nSPS) is 12.2. The van der Waals surface area contributed by atoms with Gasteiger partial charge < -0.3 is 0 Å². The molecule has 0 atom stereocenters. The molecule has 152 valence electrons. The van der Waals surface area contributed by atoms with E-state index in [0.717, 1.165) is 18.2 Å². The van der Waals surface area contributed by atoms with Gasteiger partial charge in [-0.05, 0) is 42.3 Å². The van der Waals surface area contributed by atoms with E-state index in [2.05, 4.69) is 4.98 Å². The van der Waals surface area contributed by atoms with Crippen LogP contribution in [-0.4, -0.2) is 13.4 Å². The molecule has 1 aromatic heterocycles. The first-order valence-corrected chi connectivity index (χ1v) is 9.59. The quantitative estimate of drug-likeness (QED) is 0.617. The van der Waals surface area contributed by atoms with Gasteiger partial charge in [-0.25, -0.2) is 22.3 Å². The first-order chi connectivity index (χ1) is 13.4. The minimum atomic E-state index is -4.64. The number of nitrogens with zero attached hydrogens (tertiary/aromatic N) is 1. The Balaban J connectivity index is 2.22. The molecule has 2 aromatic carbocycles. The van der Waals surface area contributed by atoms with E-state index in [1.165, 1.54) is 37.4 Å². The highest BCUT2D eigenvalue weighted by Gasteiger charge is 2.33. The lowest BCUT2D eigenvalue weighted by molar-refractivity contribution is -0.138. The minimum Gasteiger partial charge on any atom is -0.256 e. The third kappa shape index (κ3) is 4.13. The molecule has 1 heterocycles. The van der Waals surface area contributed by atoms with Crippen molar-refractivity contribution in [2.45, 2.75) is 18.0 Å². The highest BCUT2D eigenvalue weighted by atomic mass is 32.2. The number of rotatable bonds is 3. The molecule has 3 aromatic rings. The molecule has 0 radical (unpaired) electrons. The van der Waals surface area contributed by atoms with Crippen molar-refractivity contribution in [3.05, 3.63) is 71.4 Å². The van der Waals surface area contributed by atoms with E-state index in [0.29, 0.717) is 0 Å². The van der Waals surface area contributed by atoms with Crippen molar-refractivity contribution in [3.8, 4) is 22.4 Å². The van der Waals surface area contributed by atoms with Crippen LogP contribution in [0.25, 0.3) is 22.4 Å². The van der Waals surface area contributed by atoms with Crippen molar-refractivity contribution in [1.29, 1.82) is 0 Å². The van der Waals surface area contributed by atoms with Gasteiger partial charge in [0.15, 0.2) is 4.90 Å². The molecular weight excluding hydrogens is 415 g/mol. The smallest absolute Gasteiger partial charge is 0.256 e. The van der Waals surface area contributed by atoms with E-state index in [4.69, 9.17) is 5.14 Å². The second-order valence-electron chi connectivity index (χ2n) is 6.24. The standard InChI is InChI=1S/C19H13F5N2O2S/c1-10-4-5-11(7-14(10)19(22,23)24)17-13(3-2-6-26-17)12-8-15(20)18(16(21)9-12)29(25,27)28/h2-9H,1H3,(H2,25,27,28). The summed E-state index contributed by atoms with van der Waals surface area (Å²) in [7, 11) is -4.64. The number of benzene rings is 2. The molecule has 0 spiro atoms. The lowest BCUT2D eigenvalue weighted by Crippen LogP contribution is -2.16. The summed E-state index contributed by atoms with van der Waals surface area (Å²) in [5, 5.41) is 4.81. The van der Waals surface area contributed by atoms with Crippen LogP contribution in [0.3, 0.4) is 0 Å². The van der Waals surface area contributed by atoms with Gasteiger partial charge in [0, 0.05) is 17.3 Å². The van der Waals surface area contributed by atoms with Gasteiger partial charge in [0.1, 0.15) is 11.6 Å². The Morgan fingerprint density at radius 2 is 1.59 bits per heavy atom. The van der Waals surface area contributed by atoms with Crippen LogP contribution in [0.2, 0.25) is 0 Å². The maximum absolute atomic E-state index is 14.2. The Labute approximate surface area is 162 Å². The monoisotopic (exact) mass is 428 g/mol. The number of hydrogen-bond acceptors (Lipinski definition) is 3. The number of primary sulfonamides is 1. The van der Waals surface area contributed by atoms with E-state index >= 15 is 0 Å². The Morgan fingerprint density at radius 3 is 2.14 bits per heavy atom. The fourth-order valence-corrected chi connectivity index (χ4v) is 3.59. The molecule has 0 bridgehead atoms. The van der Waals surface area contributed by atoms with E-state index in [1.807, 2.05) is 0 Å². The lowest BCUT2D eigenvalue weighted by atomic mass is 9.96. The average molecular weight is 428 g/mol. The average Bonchev–Trinajstić information content (AvgIpc) is 2.59. The van der Waals surface area contributed by atoms with Gasteiger partial charge in [-0.1, -0.05) is 18.2 Å². The van der Waals surface area contributed by atoms with Crippen molar-refractivity contribution in [2.24, 2.45) is 5.14 Å². The number of hydrogen-bond donors (Lipinski definition) is 1. The summed E-state index contributed by atoms with van der Waals surface area (Å²) in [5.74, 6) is -2.84. The van der Waals surface area contributed by atoms with Crippen molar-refractivity contribution in [1.82, 2.24) is 4.98 Å². The fourth-order valence-electron chi connectivity index (χ4n) is 2.93. The maximum Gasteiger partial charge on any atom is 0.416 e. The maximum atomic E-state index is 14.2. The number of aromatic nitrogens is 1. The molecule has 0 aliphatic carbocycles. The van der Waals surface area contributed by atoms with Crippen LogP contribution >= 0.6 is 0 Å². The molecule has 4 nitrogen and oxygen atoms in total. The van der Waals surface area contributed by atoms with Crippen molar-refractivity contribution < 1.29 is 30.4 Å². The van der Waals surface area contributed by atoms with Crippen LogP contribution in [0.4, 0.5) is 22.0 Å². The zero-order valence-electron chi connectivity index (χ0n) is 14.8. The largest absolute Gasteiger partial charge is 0.416 e. The number of sulfonamides is 1. The van der Waals surface area contributed by atoms with Gasteiger partial charge in [0.05, 0.1) is 11.3 Å². The van der Waals surface area contributed by atoms with Gasteiger partial charge in [-0.3, -0.25) is 4.98 Å². The van der Waals surface area contributed by atoms with Gasteiger partial charge >= 0.3 is 6.18 Å². The topological polar surface area (TPSA) is 73.0 Å². The molecular formula is C19H13F5N2O2S. The number of nitrogens with two attached hydrogens (primary N) is 1. The van der Waals surface area contributed by atoms with Crippen LogP contribution in [0.5, 0.6) is 0 Å². The summed E-state index contributed by atoms with van der Waals surface area (Å²) in [6, 6.07) is 7.88. The summed E-state index contributed by atoms with van der Waals surface area (Å²) < 4.78 is 90.9. The zero-order valence-corrected chi connectivity index (χ0v) is 15.6. The molecule has 0 saturated heterocycles. The van der Waals surface area contributed by atoms with E-state index in [9.17, 15) is 30.4 Å². The van der Waals surface area contributed by atoms with Gasteiger partial charge in [0.25, 0.3) is 0 Å². The predicted octanol–water partition coefficient (Wildman–Crippen LogP) is 4.67. The van der Waals surface area contributed by atoms with Crippen molar-refractivity contribution in [3.63, 3.8) is 0 Å². The Bertz CT molecular complexity index is 1180. The second kappa shape index (κ2) is 7.20. The lowest BCUT2D eigenvalue weighted by Gasteiger charge is -2.14. The van der Waals surface area contributed by atoms with Gasteiger partial charge in [0.2, 0.25) is 10.0 Å². The first kappa shape index (κ1) is 20.9. The zero-order chi connectivity index (χ0) is 21.6. The van der Waals surface area contributed by atoms with E-state index < -0.39 is 38.3 Å². The number of aryl methyl sites for hydroxylation is 1. The summed E-state index contributed by atoms with van der Waals surface area (Å²) in [6.45, 7) is 1.31. The second-order valence-corrected chi connectivity index (χ2v) is 7.74. The summed E-state index contributed by atoms with van der Waals surface area (Å²) in [6.07, 6.45) is -3.28. The van der Waals surface area contributed by atoms with Crippen LogP contribution < -0.4 is 5.14 Å². The number of halogens is 5. The van der Waals surface area contributed by atoms with Crippen LogP contribution in [0.15, 0.2) is 53.6 Å². The number of alkyl halides is 3. The molecule has 3 rings (SSSR count). The third-order valence-corrected chi connectivity index (χ3v) is 5.18. The fraction of sp³-hybridized carbons (Fsp3) is 0.105. The van der Waals surface area contributed by atoms with Crippen LogP contribution in [-0.2, 0) is 16.2 Å². The Kier molecular flexibility index (Phi) is 5.18. The van der Waals surface area contributed by atoms with Crippen LogP contribution in [0.1, 0.15) is 11.1 Å². The van der Waals surface area contributed by atoms with Crippen molar-refractivity contribution >= 4 is 10.0 Å². The third-order valence-electron chi connectivity index (χ3n) is 4.22. The molecule has 0 amide bonds. The minimum absolute atomic E-state index is 0.00771. The summed E-state index contributed by atoms with van der Waals surface area (Å²) in [5.41, 5.74) is -0.732. The Morgan fingerprint density at radius 1 is 0.966 bits per heavy atom. The molecule has 0 saturated carbocycles. The molecule has 10 heteroatoms. The molecule has 0 aliphatic rings. The first-order valence-electron chi connectivity index (χ1n) is 8.05. The highest BCUT2D eigenvalue weighted by molar-refractivity contribution is 7.89. The van der Waals surface area contributed by atoms with Gasteiger partial charge in [-0.2, -0.15) is 13.2 Å². The molecule has 29 heavy (non-hydrogen) atoms. The molecule has 0 fully saturated rings. The molecule has 0 unspecified atom stereocenters. The van der Waals surface area contributed by atoms with E-state index in [-0.39, 0.29) is 27.9 Å². The molecule has 2 N–H and O–H groups in total. The van der Waals surface area contributed by atoms with Gasteiger partial charge in [-0.15, -0.1) is 0 Å². The molecule has 0 aliphatic heterocycles. The highest BCUT2D eigenvalue weighted by Crippen LogP contribution is 2.37. The summed E-state index contributed by atoms with van der Waals surface area (Å²) in [4.78, 5) is 2.76. The Hall–Kier alpha value is -2.85. The summed E-state index contributed by atoms with van der Waals surface area (Å²) >= 11 is 0.